The van der Waals surface area contributed by atoms with E-state index in [4.69, 9.17) is 9.72 Å². The van der Waals surface area contributed by atoms with Crippen molar-refractivity contribution in [3.05, 3.63) is 10.6 Å². The highest BCUT2D eigenvalue weighted by molar-refractivity contribution is 7.15. The zero-order chi connectivity index (χ0) is 13.8. The largest absolute Gasteiger partial charge is 0.380 e. The van der Waals surface area contributed by atoms with Crippen molar-refractivity contribution < 1.29 is 4.74 Å². The van der Waals surface area contributed by atoms with Crippen molar-refractivity contribution in [2.45, 2.75) is 45.8 Å². The lowest BCUT2D eigenvalue weighted by Gasteiger charge is -2.14. The highest BCUT2D eigenvalue weighted by atomic mass is 32.1. The van der Waals surface area contributed by atoms with Gasteiger partial charge in [0.2, 0.25) is 0 Å². The van der Waals surface area contributed by atoms with Crippen LogP contribution in [0.2, 0.25) is 0 Å². The number of ether oxygens (including phenoxy) is 1. The van der Waals surface area contributed by atoms with Crippen LogP contribution >= 0.6 is 11.3 Å². The summed E-state index contributed by atoms with van der Waals surface area (Å²) in [5, 5.41) is 4.57. The van der Waals surface area contributed by atoms with E-state index in [0.717, 1.165) is 37.7 Å². The van der Waals surface area contributed by atoms with Crippen LogP contribution in [0.25, 0.3) is 0 Å². The van der Waals surface area contributed by atoms with Gasteiger partial charge in [-0.2, -0.15) is 0 Å². The van der Waals surface area contributed by atoms with E-state index < -0.39 is 0 Å². The van der Waals surface area contributed by atoms with Crippen LogP contribution in [0.1, 0.15) is 43.7 Å². The second-order valence-electron chi connectivity index (χ2n) is 5.33. The standard InChI is InChI=1S/C14H25N3OS/c1-5-15-8-12-13(10(2)3)16-14(19-12)17-7-6-11(9-17)18-4/h10-11,15H,5-9H2,1-4H3. The second-order valence-corrected chi connectivity index (χ2v) is 6.39. The van der Waals surface area contributed by atoms with Gasteiger partial charge in [-0.25, -0.2) is 4.98 Å². The van der Waals surface area contributed by atoms with E-state index in [0.29, 0.717) is 12.0 Å². The van der Waals surface area contributed by atoms with Crippen LogP contribution in [0, 0.1) is 0 Å². The molecule has 0 radical (unpaired) electrons. The van der Waals surface area contributed by atoms with Gasteiger partial charge >= 0.3 is 0 Å². The van der Waals surface area contributed by atoms with Crippen molar-refractivity contribution >= 4 is 16.5 Å². The summed E-state index contributed by atoms with van der Waals surface area (Å²) < 4.78 is 5.44. The van der Waals surface area contributed by atoms with Crippen LogP contribution in [-0.4, -0.2) is 37.8 Å². The lowest BCUT2D eigenvalue weighted by Crippen LogP contribution is -2.21. The molecular formula is C14H25N3OS. The highest BCUT2D eigenvalue weighted by Crippen LogP contribution is 2.32. The average Bonchev–Trinajstić information content (AvgIpc) is 3.02. The fourth-order valence-corrected chi connectivity index (χ4v) is 3.62. The van der Waals surface area contributed by atoms with E-state index >= 15 is 0 Å². The minimum atomic E-state index is 0.364. The topological polar surface area (TPSA) is 37.4 Å². The number of aromatic nitrogens is 1. The summed E-state index contributed by atoms with van der Waals surface area (Å²) in [5.41, 5.74) is 1.25. The summed E-state index contributed by atoms with van der Waals surface area (Å²) in [4.78, 5) is 8.61. The van der Waals surface area contributed by atoms with Crippen LogP contribution in [0.5, 0.6) is 0 Å². The minimum Gasteiger partial charge on any atom is -0.380 e. The number of rotatable bonds is 6. The number of hydrogen-bond donors (Lipinski definition) is 1. The summed E-state index contributed by atoms with van der Waals surface area (Å²) in [6.07, 6.45) is 1.47. The molecule has 0 amide bonds. The van der Waals surface area contributed by atoms with E-state index in [-0.39, 0.29) is 0 Å². The van der Waals surface area contributed by atoms with Gasteiger partial charge in [-0.15, -0.1) is 11.3 Å². The Kier molecular flexibility index (Phi) is 5.19. The molecule has 5 heteroatoms. The number of thiazole rings is 1. The van der Waals surface area contributed by atoms with Crippen molar-refractivity contribution in [3.63, 3.8) is 0 Å². The lowest BCUT2D eigenvalue weighted by molar-refractivity contribution is 0.121. The molecule has 0 aromatic carbocycles. The fraction of sp³-hybridized carbons (Fsp3) is 0.786. The zero-order valence-corrected chi connectivity index (χ0v) is 13.2. The fourth-order valence-electron chi connectivity index (χ4n) is 2.40. The Morgan fingerprint density at radius 1 is 1.53 bits per heavy atom. The molecule has 19 heavy (non-hydrogen) atoms. The number of nitrogens with one attached hydrogen (secondary N) is 1. The van der Waals surface area contributed by atoms with Crippen LogP contribution in [-0.2, 0) is 11.3 Å². The average molecular weight is 283 g/mol. The first-order valence-electron chi connectivity index (χ1n) is 7.13. The number of anilines is 1. The Balaban J connectivity index is 2.13. The van der Waals surface area contributed by atoms with Gasteiger partial charge < -0.3 is 15.0 Å². The maximum atomic E-state index is 5.44. The van der Waals surface area contributed by atoms with Gasteiger partial charge in [0.15, 0.2) is 5.13 Å². The Hall–Kier alpha value is -0.650. The van der Waals surface area contributed by atoms with Crippen LogP contribution in [0.3, 0.4) is 0 Å². The summed E-state index contributed by atoms with van der Waals surface area (Å²) in [6, 6.07) is 0. The van der Waals surface area contributed by atoms with Gasteiger partial charge in [-0.05, 0) is 18.9 Å². The summed E-state index contributed by atoms with van der Waals surface area (Å²) >= 11 is 1.83. The molecule has 1 atom stereocenters. The molecular weight excluding hydrogens is 258 g/mol. The summed E-state index contributed by atoms with van der Waals surface area (Å²) in [5.74, 6) is 0.486. The van der Waals surface area contributed by atoms with Crippen molar-refractivity contribution in [1.29, 1.82) is 0 Å². The Labute approximate surface area is 120 Å². The van der Waals surface area contributed by atoms with Crippen molar-refractivity contribution in [3.8, 4) is 0 Å². The molecule has 1 N–H and O–H groups in total. The van der Waals surface area contributed by atoms with Gasteiger partial charge in [-0.1, -0.05) is 20.8 Å². The number of nitrogens with zero attached hydrogens (tertiary/aromatic N) is 2. The lowest BCUT2D eigenvalue weighted by atomic mass is 10.1. The van der Waals surface area contributed by atoms with E-state index in [9.17, 15) is 0 Å². The molecule has 0 saturated carbocycles. The molecule has 2 heterocycles. The quantitative estimate of drug-likeness (QED) is 0.871. The Morgan fingerprint density at radius 3 is 2.89 bits per heavy atom. The summed E-state index contributed by atoms with van der Waals surface area (Å²) in [7, 11) is 1.80. The van der Waals surface area contributed by atoms with Crippen LogP contribution < -0.4 is 10.2 Å². The first kappa shape index (κ1) is 14.8. The maximum absolute atomic E-state index is 5.44. The molecule has 1 aliphatic heterocycles. The first-order chi connectivity index (χ1) is 9.15. The Bertz CT molecular complexity index is 405. The molecule has 1 aromatic rings. The molecule has 1 aromatic heterocycles. The molecule has 1 unspecified atom stereocenters. The zero-order valence-electron chi connectivity index (χ0n) is 12.4. The molecule has 4 nitrogen and oxygen atoms in total. The van der Waals surface area contributed by atoms with Gasteiger partial charge in [0.05, 0.1) is 11.8 Å². The maximum Gasteiger partial charge on any atom is 0.185 e. The van der Waals surface area contributed by atoms with E-state index in [1.807, 2.05) is 11.3 Å². The second kappa shape index (κ2) is 6.68. The molecule has 1 fully saturated rings. The molecule has 1 saturated heterocycles. The van der Waals surface area contributed by atoms with Crippen molar-refractivity contribution in [2.75, 3.05) is 31.6 Å². The predicted molar refractivity (Wildman–Crippen MR) is 81.2 cm³/mol. The predicted octanol–water partition coefficient (Wildman–Crippen LogP) is 2.60. The van der Waals surface area contributed by atoms with Crippen molar-refractivity contribution in [2.24, 2.45) is 0 Å². The SMILES string of the molecule is CCNCc1sc(N2CCC(OC)C2)nc1C(C)C. The van der Waals surface area contributed by atoms with Crippen molar-refractivity contribution in [1.82, 2.24) is 10.3 Å². The van der Waals surface area contributed by atoms with E-state index in [2.05, 4.69) is 31.0 Å². The molecule has 1 aliphatic rings. The number of methoxy groups -OCH3 is 1. The highest BCUT2D eigenvalue weighted by Gasteiger charge is 2.26. The van der Waals surface area contributed by atoms with E-state index in [1.54, 1.807) is 7.11 Å². The monoisotopic (exact) mass is 283 g/mol. The van der Waals surface area contributed by atoms with Gasteiger partial charge in [0.25, 0.3) is 0 Å². The third-order valence-electron chi connectivity index (χ3n) is 3.55. The van der Waals surface area contributed by atoms with Gasteiger partial charge in [0.1, 0.15) is 0 Å². The molecule has 0 aliphatic carbocycles. The van der Waals surface area contributed by atoms with Gasteiger partial charge in [-0.3, -0.25) is 0 Å². The third kappa shape index (κ3) is 3.46. The molecule has 108 valence electrons. The summed E-state index contributed by atoms with van der Waals surface area (Å²) in [6.45, 7) is 10.5. The van der Waals surface area contributed by atoms with Crippen LogP contribution in [0.15, 0.2) is 0 Å². The third-order valence-corrected chi connectivity index (χ3v) is 4.68. The number of hydrogen-bond acceptors (Lipinski definition) is 5. The van der Waals surface area contributed by atoms with Gasteiger partial charge in [0, 0.05) is 31.6 Å². The smallest absolute Gasteiger partial charge is 0.185 e. The van der Waals surface area contributed by atoms with E-state index in [1.165, 1.54) is 10.6 Å². The molecule has 0 bridgehead atoms. The molecule has 0 spiro atoms. The van der Waals surface area contributed by atoms with Crippen LogP contribution in [0.4, 0.5) is 5.13 Å². The first-order valence-corrected chi connectivity index (χ1v) is 7.95. The minimum absolute atomic E-state index is 0.364. The Morgan fingerprint density at radius 2 is 2.32 bits per heavy atom. The normalized spacial score (nSPS) is 19.6. The molecule has 2 rings (SSSR count).